The Hall–Kier alpha value is -0.686. The number of halogens is 5. The van der Waals surface area contributed by atoms with E-state index in [1.807, 2.05) is 12.2 Å². The number of aliphatic carboxylic acids is 1. The third-order valence-corrected chi connectivity index (χ3v) is 0.828. The second kappa shape index (κ2) is 31.0. The van der Waals surface area contributed by atoms with Crippen molar-refractivity contribution in [2.45, 2.75) is 12.6 Å². The van der Waals surface area contributed by atoms with Crippen LogP contribution >= 0.6 is 0 Å². The average Bonchev–Trinajstić information content (AvgIpc) is 2.39. The molecule has 1 N–H and O–H groups in total. The maximum atomic E-state index is 10.6. The Kier molecular flexibility index (Phi) is 94.3. The molecule has 0 bridgehead atoms. The predicted molar refractivity (Wildman–Crippen MR) is 72.3 cm³/mol. The Morgan fingerprint density at radius 2 is 1.35 bits per heavy atom. The molecule has 128 valence electrons. The van der Waals surface area contributed by atoms with Gasteiger partial charge >= 0.3 is 12.1 Å². The van der Waals surface area contributed by atoms with E-state index >= 15 is 0 Å². The van der Waals surface area contributed by atoms with Crippen LogP contribution in [0.2, 0.25) is 0 Å². The number of rotatable bonds is 0. The van der Waals surface area contributed by atoms with E-state index < -0.39 is 12.1 Å². The maximum Gasteiger partial charge on any atom is 0.490 e. The van der Waals surface area contributed by atoms with Crippen molar-refractivity contribution >= 4 is 5.97 Å². The van der Waals surface area contributed by atoms with Crippen molar-refractivity contribution in [2.24, 2.45) is 0 Å². The summed E-state index contributed by atoms with van der Waals surface area (Å²) in [4.78, 5) is 8.90. The molecule has 0 heterocycles. The summed E-state index contributed by atoms with van der Waals surface area (Å²) in [7, 11) is 0. The van der Waals surface area contributed by atoms with Crippen molar-refractivity contribution in [1.29, 1.82) is 0 Å². The molecule has 0 fully saturated rings. The zero-order valence-electron chi connectivity index (χ0n) is 12.2. The normalized spacial score (nSPS) is 8.35. The number of carbonyl (C=O) groups is 1. The fraction of sp³-hybridized carbons (Fsp3) is 0.167. The number of hydrogen-bond donors (Lipinski definition) is 1. The molecule has 0 unspecified atom stereocenters. The van der Waals surface area contributed by atoms with Gasteiger partial charge in [0.2, 0.25) is 0 Å². The molecule has 0 aromatic carbocycles. The van der Waals surface area contributed by atoms with Gasteiger partial charge in [-0.2, -0.15) is 19.2 Å². The van der Waals surface area contributed by atoms with Crippen LogP contribution in [0.4, 0.5) is 22.6 Å². The van der Waals surface area contributed by atoms with Gasteiger partial charge in [-0.05, 0) is 0 Å². The van der Waals surface area contributed by atoms with Crippen LogP contribution in [0.15, 0.2) is 18.2 Å². The first-order chi connectivity index (χ1) is 5.44. The molecule has 0 amide bonds. The van der Waals surface area contributed by atoms with Crippen molar-refractivity contribution in [3.05, 3.63) is 61.4 Å². The summed E-state index contributed by atoms with van der Waals surface area (Å²) in [6, 6.07) is 0. The quantitative estimate of drug-likeness (QED) is 0.400. The molecule has 0 aromatic heterocycles. The van der Waals surface area contributed by atoms with E-state index in [1.165, 1.54) is 0 Å². The minimum absolute atomic E-state index is 0. The number of hydrogen-bond acceptors (Lipinski definition) is 1. The third-order valence-electron chi connectivity index (χ3n) is 0.828. The molecule has 1 rings (SSSR count). The van der Waals surface area contributed by atoms with E-state index in [-0.39, 0.29) is 68.3 Å². The number of carboxylic acid groups (broad SMARTS) is 1. The molecule has 0 radical (unpaired) electrons. The second-order valence-corrected chi connectivity index (χ2v) is 1.81. The molecule has 20 heavy (non-hydrogen) atoms. The summed E-state index contributed by atoms with van der Waals surface area (Å²) in [6.45, 7) is 0. The van der Waals surface area contributed by atoms with Crippen molar-refractivity contribution in [1.82, 2.24) is 0 Å². The molecule has 0 atom stereocenters. The number of carboxylic acids is 1. The van der Waals surface area contributed by atoms with Crippen molar-refractivity contribution in [3.63, 3.8) is 0 Å². The number of alkyl halides is 3. The van der Waals surface area contributed by atoms with Crippen molar-refractivity contribution in [2.75, 3.05) is 0 Å². The van der Waals surface area contributed by atoms with Crippen LogP contribution in [0.1, 0.15) is 6.42 Å². The van der Waals surface area contributed by atoms with Gasteiger partial charge in [0.15, 0.2) is 0 Å². The summed E-state index contributed by atoms with van der Waals surface area (Å²) in [5, 5.41) is 7.12. The van der Waals surface area contributed by atoms with E-state index in [0.29, 0.717) is 0 Å². The second-order valence-electron chi connectivity index (χ2n) is 1.81. The molecule has 0 aromatic rings. The molecule has 1 aliphatic carbocycles. The molecular formula is C12H23F5O2Ti-6. The Bertz CT molecular complexity index is 206. The minimum atomic E-state index is -5.08. The van der Waals surface area contributed by atoms with E-state index in [2.05, 4.69) is 12.2 Å². The average molecular weight is 342 g/mol. The van der Waals surface area contributed by atoms with Crippen LogP contribution in [0, 0.1) is 43.2 Å². The molecule has 0 spiro atoms. The van der Waals surface area contributed by atoms with Gasteiger partial charge in [-0.1, -0.05) is 0 Å². The van der Waals surface area contributed by atoms with Crippen LogP contribution in [0.3, 0.4) is 0 Å². The summed E-state index contributed by atoms with van der Waals surface area (Å²) in [5.74, 6) is -2.76. The first kappa shape index (κ1) is 60.9. The smallest absolute Gasteiger partial charge is 0.475 e. The summed E-state index contributed by atoms with van der Waals surface area (Å²) in [6.07, 6.45) is 4.92. The summed E-state index contributed by atoms with van der Waals surface area (Å²) >= 11 is 0. The number of allylic oxidation sites excluding steroid dienone is 4. The van der Waals surface area contributed by atoms with Crippen molar-refractivity contribution < 1.29 is 54.2 Å². The van der Waals surface area contributed by atoms with Gasteiger partial charge in [-0.25, -0.2) is 16.9 Å². The van der Waals surface area contributed by atoms with E-state index in [1.54, 1.807) is 0 Å². The van der Waals surface area contributed by atoms with Crippen molar-refractivity contribution in [3.8, 4) is 0 Å². The van der Waals surface area contributed by atoms with Crippen LogP contribution in [0.5, 0.6) is 0 Å². The van der Waals surface area contributed by atoms with Gasteiger partial charge in [0.1, 0.15) is 0 Å². The largest absolute Gasteiger partial charge is 0.490 e. The van der Waals surface area contributed by atoms with Crippen LogP contribution in [-0.2, 0) is 26.5 Å². The minimum Gasteiger partial charge on any atom is -0.475 e. The molecule has 2 nitrogen and oxygen atoms in total. The Balaban J connectivity index is -0.0000000125. The standard InChI is InChI=1S/C5H5.C2HF3O2.5CH3.2FH.Ti/c1-2-4-5-3-1;3-2(4,5)1(6)7;;;;;;;;/h1-3H,4H2;(H,6,7);5*1H3;2*1H;/q-1;;5*-1;;;. The topological polar surface area (TPSA) is 37.3 Å². The van der Waals surface area contributed by atoms with E-state index in [4.69, 9.17) is 9.90 Å². The van der Waals surface area contributed by atoms with Gasteiger partial charge < -0.3 is 42.2 Å². The molecule has 8 heteroatoms. The molecule has 0 aliphatic heterocycles. The molecule has 1 aliphatic rings. The van der Waals surface area contributed by atoms with Crippen LogP contribution < -0.4 is 0 Å². The first-order valence-corrected chi connectivity index (χ1v) is 2.96. The monoisotopic (exact) mass is 342 g/mol. The summed E-state index contributed by atoms with van der Waals surface area (Å²) < 4.78 is 31.7. The third kappa shape index (κ3) is 43.3. The fourth-order valence-electron chi connectivity index (χ4n) is 0.340. The zero-order chi connectivity index (χ0) is 9.61. The molecular weight excluding hydrogens is 319 g/mol. The van der Waals surface area contributed by atoms with Gasteiger partial charge in [-0.15, -0.1) is 6.42 Å². The van der Waals surface area contributed by atoms with E-state index in [9.17, 15) is 13.2 Å². The maximum absolute atomic E-state index is 10.6. The first-order valence-electron chi connectivity index (χ1n) is 2.96. The fourth-order valence-corrected chi connectivity index (χ4v) is 0.340. The zero-order valence-corrected chi connectivity index (χ0v) is 13.8. The van der Waals surface area contributed by atoms with E-state index in [0.717, 1.165) is 6.42 Å². The Labute approximate surface area is 134 Å². The molecule has 0 saturated carbocycles. The van der Waals surface area contributed by atoms with Gasteiger partial charge in [0.05, 0.1) is 0 Å². The van der Waals surface area contributed by atoms with Crippen LogP contribution in [0.25, 0.3) is 0 Å². The Morgan fingerprint density at radius 3 is 1.40 bits per heavy atom. The van der Waals surface area contributed by atoms with Gasteiger partial charge in [-0.3, -0.25) is 15.5 Å². The van der Waals surface area contributed by atoms with Crippen LogP contribution in [-0.4, -0.2) is 17.3 Å². The summed E-state index contributed by atoms with van der Waals surface area (Å²) in [5.41, 5.74) is 0. The SMILES string of the molecule is F.F.O=C(O)C(F)(F)F.[C-]1=CC=CC1.[CH3-].[CH3-].[CH3-].[CH3-].[CH3-].[Ti]. The van der Waals surface area contributed by atoms with Gasteiger partial charge in [0, 0.05) is 21.7 Å². The predicted octanol–water partition coefficient (Wildman–Crippen LogP) is 4.49. The molecule has 0 saturated heterocycles. The van der Waals surface area contributed by atoms with Gasteiger partial charge in [0.25, 0.3) is 0 Å². The Morgan fingerprint density at radius 1 is 1.05 bits per heavy atom.